The third-order valence-electron chi connectivity index (χ3n) is 5.09. The van der Waals surface area contributed by atoms with Crippen LogP contribution in [0.15, 0.2) is 65.6 Å². The van der Waals surface area contributed by atoms with Gasteiger partial charge in [0.25, 0.3) is 0 Å². The minimum atomic E-state index is -0.323. The van der Waals surface area contributed by atoms with Crippen molar-refractivity contribution >= 4 is 35.2 Å². The van der Waals surface area contributed by atoms with Gasteiger partial charge in [-0.1, -0.05) is 39.0 Å². The van der Waals surface area contributed by atoms with E-state index >= 15 is 0 Å². The molecule has 1 aromatic heterocycles. The van der Waals surface area contributed by atoms with Gasteiger partial charge in [0.2, 0.25) is 5.91 Å². The monoisotopic (exact) mass is 465 g/mol. The summed E-state index contributed by atoms with van der Waals surface area (Å²) in [6.07, 6.45) is 2.00. The predicted molar refractivity (Wildman–Crippen MR) is 135 cm³/mol. The number of para-hydroxylation sites is 1. The van der Waals surface area contributed by atoms with Crippen molar-refractivity contribution in [2.45, 2.75) is 38.0 Å². The Kier molecular flexibility index (Phi) is 7.81. The van der Waals surface area contributed by atoms with Crippen LogP contribution in [-0.4, -0.2) is 46.0 Å². The molecular formula is C25H31N5O2S. The smallest absolute Gasteiger partial charge is 0.315 e. The molecule has 0 unspecified atom stereocenters. The highest BCUT2D eigenvalue weighted by atomic mass is 32.2. The number of thioether (sulfide) groups is 1. The molecular weight excluding hydrogens is 434 g/mol. The number of likely N-dealkylation sites (N-methyl/N-ethyl adjacent to an activating group) is 1. The zero-order valence-electron chi connectivity index (χ0n) is 19.8. The molecule has 2 N–H and O–H groups in total. The summed E-state index contributed by atoms with van der Waals surface area (Å²) in [5, 5.41) is 10.5. The predicted octanol–water partition coefficient (Wildman–Crippen LogP) is 5.38. The highest BCUT2D eigenvalue weighted by molar-refractivity contribution is 7.98. The first-order valence-electron chi connectivity index (χ1n) is 10.9. The molecule has 3 amide bonds. The van der Waals surface area contributed by atoms with Crippen LogP contribution >= 0.6 is 11.8 Å². The number of carbonyl (C=O) groups excluding carboxylic acids is 2. The van der Waals surface area contributed by atoms with Crippen LogP contribution in [0.3, 0.4) is 0 Å². The van der Waals surface area contributed by atoms with Gasteiger partial charge in [-0.05, 0) is 49.6 Å². The molecule has 3 rings (SSSR count). The van der Waals surface area contributed by atoms with E-state index < -0.39 is 0 Å². The van der Waals surface area contributed by atoms with Crippen molar-refractivity contribution in [1.29, 1.82) is 0 Å². The van der Waals surface area contributed by atoms with Crippen LogP contribution in [0.4, 0.5) is 16.3 Å². The second-order valence-corrected chi connectivity index (χ2v) is 9.51. The highest BCUT2D eigenvalue weighted by Gasteiger charge is 2.22. The third-order valence-corrected chi connectivity index (χ3v) is 5.83. The fourth-order valence-electron chi connectivity index (χ4n) is 3.16. The molecule has 0 radical (unpaired) electrons. The Labute approximate surface area is 199 Å². The first-order valence-corrected chi connectivity index (χ1v) is 12.1. The fourth-order valence-corrected chi connectivity index (χ4v) is 3.57. The third kappa shape index (κ3) is 6.38. The number of aromatic nitrogens is 2. The Morgan fingerprint density at radius 3 is 2.27 bits per heavy atom. The number of nitrogens with one attached hydrogen (secondary N) is 2. The van der Waals surface area contributed by atoms with E-state index in [0.29, 0.717) is 18.1 Å². The summed E-state index contributed by atoms with van der Waals surface area (Å²) in [5.41, 5.74) is 2.22. The number of benzene rings is 2. The molecule has 7 nitrogen and oxygen atoms in total. The van der Waals surface area contributed by atoms with Crippen LogP contribution in [-0.2, 0) is 10.2 Å². The van der Waals surface area contributed by atoms with Crippen molar-refractivity contribution in [3.05, 3.63) is 66.4 Å². The number of hydrogen-bond acceptors (Lipinski definition) is 4. The van der Waals surface area contributed by atoms with Gasteiger partial charge in [-0.25, -0.2) is 9.48 Å². The van der Waals surface area contributed by atoms with Crippen LogP contribution < -0.4 is 10.6 Å². The molecule has 0 spiro atoms. The van der Waals surface area contributed by atoms with Gasteiger partial charge in [0.1, 0.15) is 12.4 Å². The van der Waals surface area contributed by atoms with E-state index in [-0.39, 0.29) is 23.9 Å². The topological polar surface area (TPSA) is 79.3 Å². The van der Waals surface area contributed by atoms with E-state index in [9.17, 15) is 9.59 Å². The second-order valence-electron chi connectivity index (χ2n) is 8.63. The Morgan fingerprint density at radius 2 is 1.70 bits per heavy atom. The molecule has 2 aromatic carbocycles. The summed E-state index contributed by atoms with van der Waals surface area (Å²) in [7, 11) is 0. The van der Waals surface area contributed by atoms with Crippen LogP contribution in [0.5, 0.6) is 0 Å². The normalized spacial score (nSPS) is 11.2. The van der Waals surface area contributed by atoms with Gasteiger partial charge < -0.3 is 15.5 Å². The van der Waals surface area contributed by atoms with E-state index in [1.807, 2.05) is 73.8 Å². The van der Waals surface area contributed by atoms with Gasteiger partial charge in [0.05, 0.1) is 11.4 Å². The Balaban J connectivity index is 1.73. The average Bonchev–Trinajstić information content (AvgIpc) is 3.22. The highest BCUT2D eigenvalue weighted by Crippen LogP contribution is 2.26. The van der Waals surface area contributed by atoms with Crippen molar-refractivity contribution in [3.8, 4) is 5.69 Å². The molecule has 174 valence electrons. The van der Waals surface area contributed by atoms with Gasteiger partial charge in [-0.3, -0.25) is 4.79 Å². The van der Waals surface area contributed by atoms with Gasteiger partial charge in [-0.15, -0.1) is 11.8 Å². The molecule has 0 atom stereocenters. The zero-order chi connectivity index (χ0) is 24.0. The second kappa shape index (κ2) is 10.6. The Bertz CT molecular complexity index is 1090. The van der Waals surface area contributed by atoms with Gasteiger partial charge in [-0.2, -0.15) is 5.10 Å². The van der Waals surface area contributed by atoms with Gasteiger partial charge >= 0.3 is 6.03 Å². The van der Waals surface area contributed by atoms with Crippen LogP contribution in [0.2, 0.25) is 0 Å². The lowest BCUT2D eigenvalue weighted by atomic mass is 9.92. The van der Waals surface area contributed by atoms with Crippen molar-refractivity contribution < 1.29 is 9.59 Å². The number of anilines is 2. The lowest BCUT2D eigenvalue weighted by Gasteiger charge is -2.21. The van der Waals surface area contributed by atoms with E-state index in [1.54, 1.807) is 16.4 Å². The minimum Gasteiger partial charge on any atom is -0.315 e. The number of hydrogen-bond donors (Lipinski definition) is 2. The largest absolute Gasteiger partial charge is 0.322 e. The maximum absolute atomic E-state index is 12.9. The quantitative estimate of drug-likeness (QED) is 0.459. The first-order chi connectivity index (χ1) is 15.7. The number of amides is 3. The molecule has 8 heteroatoms. The van der Waals surface area contributed by atoms with Gasteiger partial charge in [0.15, 0.2) is 0 Å². The summed E-state index contributed by atoms with van der Waals surface area (Å²) in [4.78, 5) is 28.2. The van der Waals surface area contributed by atoms with Crippen LogP contribution in [0, 0.1) is 0 Å². The summed E-state index contributed by atoms with van der Waals surface area (Å²) >= 11 is 1.64. The average molecular weight is 466 g/mol. The molecule has 0 aliphatic carbocycles. The number of rotatable bonds is 7. The molecule has 0 fully saturated rings. The lowest BCUT2D eigenvalue weighted by molar-refractivity contribution is -0.116. The van der Waals surface area contributed by atoms with Crippen molar-refractivity contribution in [3.63, 3.8) is 0 Å². The lowest BCUT2D eigenvalue weighted by Crippen LogP contribution is -2.40. The summed E-state index contributed by atoms with van der Waals surface area (Å²) in [6.45, 7) is 8.39. The SMILES string of the molecule is CCN(CC(=O)Nc1cc(C(C)(C)C)nn1-c1ccccc1)C(=O)Nc1ccc(SC)cc1. The van der Waals surface area contributed by atoms with E-state index in [2.05, 4.69) is 31.4 Å². The van der Waals surface area contributed by atoms with Crippen LogP contribution in [0.1, 0.15) is 33.4 Å². The molecule has 0 bridgehead atoms. The Morgan fingerprint density at radius 1 is 1.03 bits per heavy atom. The summed E-state index contributed by atoms with van der Waals surface area (Å²) < 4.78 is 1.72. The fraction of sp³-hybridized carbons (Fsp3) is 0.320. The minimum absolute atomic E-state index is 0.0734. The van der Waals surface area contributed by atoms with Crippen LogP contribution in [0.25, 0.3) is 5.69 Å². The molecule has 0 aliphatic heterocycles. The van der Waals surface area contributed by atoms with E-state index in [4.69, 9.17) is 5.10 Å². The molecule has 3 aromatic rings. The molecule has 0 saturated heterocycles. The van der Waals surface area contributed by atoms with Crippen molar-refractivity contribution in [1.82, 2.24) is 14.7 Å². The summed E-state index contributed by atoms with van der Waals surface area (Å²) in [5.74, 6) is 0.280. The molecule has 1 heterocycles. The zero-order valence-corrected chi connectivity index (χ0v) is 20.6. The van der Waals surface area contributed by atoms with Gasteiger partial charge in [0, 0.05) is 28.6 Å². The molecule has 0 aliphatic rings. The maximum Gasteiger partial charge on any atom is 0.322 e. The van der Waals surface area contributed by atoms with E-state index in [0.717, 1.165) is 16.3 Å². The van der Waals surface area contributed by atoms with Crippen molar-refractivity contribution in [2.24, 2.45) is 0 Å². The molecule has 0 saturated carbocycles. The number of urea groups is 1. The standard InChI is InChI=1S/C25H31N5O2S/c1-6-29(24(32)26-18-12-14-20(33-5)15-13-18)17-23(31)27-22-16-21(25(2,3)4)28-30(22)19-10-8-7-9-11-19/h7-16H,6,17H2,1-5H3,(H,26,32)(H,27,31). The van der Waals surface area contributed by atoms with Crippen molar-refractivity contribution in [2.75, 3.05) is 30.0 Å². The number of carbonyl (C=O) groups is 2. The maximum atomic E-state index is 12.9. The molecule has 33 heavy (non-hydrogen) atoms. The number of nitrogens with zero attached hydrogens (tertiary/aromatic N) is 3. The first kappa shape index (κ1) is 24.4. The summed E-state index contributed by atoms with van der Waals surface area (Å²) in [6, 6.07) is 18.8. The Hall–Kier alpha value is -3.26. The van der Waals surface area contributed by atoms with E-state index in [1.165, 1.54) is 4.90 Å².